The Balaban J connectivity index is 1.92. The molecule has 1 heterocycles. The van der Waals surface area contributed by atoms with Gasteiger partial charge in [0.1, 0.15) is 0 Å². The molecule has 0 spiro atoms. The molecule has 2 heteroatoms. The monoisotopic (exact) mass is 239 g/mol. The fraction of sp³-hybridized carbons (Fsp3) is 1.00. The van der Waals surface area contributed by atoms with E-state index in [1.54, 1.807) is 0 Å². The Morgan fingerprint density at radius 3 is 2.71 bits per heavy atom. The molecule has 0 amide bonds. The van der Waals surface area contributed by atoms with E-state index < -0.39 is 0 Å². The van der Waals surface area contributed by atoms with Crippen LogP contribution in [0.5, 0.6) is 0 Å². The first-order valence-electron chi connectivity index (χ1n) is 7.23. The van der Waals surface area contributed by atoms with Gasteiger partial charge in [0.25, 0.3) is 0 Å². The van der Waals surface area contributed by atoms with E-state index in [2.05, 4.69) is 39.9 Å². The van der Waals surface area contributed by atoms with Crippen LogP contribution < -0.4 is 5.32 Å². The first-order valence-corrected chi connectivity index (χ1v) is 7.23. The Bertz CT molecular complexity index is 272. The second-order valence-electron chi connectivity index (χ2n) is 7.30. The van der Waals surface area contributed by atoms with E-state index in [9.17, 15) is 0 Å². The Kier molecular flexibility index (Phi) is 3.57. The Labute approximate surface area is 107 Å². The number of hydrogen-bond acceptors (Lipinski definition) is 2. The maximum Gasteiger partial charge on any atom is 0.0684 e. The minimum Gasteiger partial charge on any atom is -0.377 e. The van der Waals surface area contributed by atoms with Crippen LogP contribution in [0.15, 0.2) is 0 Å². The molecule has 2 aliphatic rings. The molecule has 3 unspecified atom stereocenters. The summed E-state index contributed by atoms with van der Waals surface area (Å²) in [5.74, 6) is 0.756. The summed E-state index contributed by atoms with van der Waals surface area (Å²) in [7, 11) is 0. The third kappa shape index (κ3) is 2.39. The molecule has 0 bridgehead atoms. The van der Waals surface area contributed by atoms with Crippen LogP contribution in [0.4, 0.5) is 0 Å². The summed E-state index contributed by atoms with van der Waals surface area (Å²) in [5, 5.41) is 3.82. The highest BCUT2D eigenvalue weighted by atomic mass is 16.5. The molecular weight excluding hydrogens is 210 g/mol. The first kappa shape index (κ1) is 13.4. The van der Waals surface area contributed by atoms with E-state index in [0.717, 1.165) is 19.1 Å². The van der Waals surface area contributed by atoms with Gasteiger partial charge >= 0.3 is 0 Å². The zero-order valence-corrected chi connectivity index (χ0v) is 12.2. The predicted molar refractivity (Wildman–Crippen MR) is 72.1 cm³/mol. The van der Waals surface area contributed by atoms with E-state index in [1.807, 2.05) is 0 Å². The Morgan fingerprint density at radius 1 is 1.35 bits per heavy atom. The SMILES string of the molecule is CCC(C)(C)CNC1C2CCCOC2C1(C)C. The highest BCUT2D eigenvalue weighted by molar-refractivity contribution is 5.10. The van der Waals surface area contributed by atoms with Crippen LogP contribution in [0.3, 0.4) is 0 Å². The number of nitrogens with one attached hydrogen (secondary N) is 1. The molecule has 1 N–H and O–H groups in total. The third-order valence-electron chi connectivity index (χ3n) is 5.09. The van der Waals surface area contributed by atoms with Crippen molar-refractivity contribution < 1.29 is 4.74 Å². The number of fused-ring (bicyclic) bond motifs is 1. The molecule has 1 saturated carbocycles. The van der Waals surface area contributed by atoms with Crippen LogP contribution in [-0.4, -0.2) is 25.3 Å². The Morgan fingerprint density at radius 2 is 2.06 bits per heavy atom. The van der Waals surface area contributed by atoms with Crippen LogP contribution in [-0.2, 0) is 4.74 Å². The standard InChI is InChI=1S/C15H29NO/c1-6-14(2,3)10-16-12-11-8-7-9-17-13(11)15(12,4)5/h11-13,16H,6-10H2,1-5H3. The van der Waals surface area contributed by atoms with Gasteiger partial charge in [0.15, 0.2) is 0 Å². The van der Waals surface area contributed by atoms with E-state index in [-0.39, 0.29) is 0 Å². The highest BCUT2D eigenvalue weighted by Gasteiger charge is 2.57. The molecule has 2 fully saturated rings. The lowest BCUT2D eigenvalue weighted by Crippen LogP contribution is -2.69. The fourth-order valence-corrected chi connectivity index (χ4v) is 3.45. The molecule has 0 radical (unpaired) electrons. The number of ether oxygens (including phenoxy) is 1. The van der Waals surface area contributed by atoms with Crippen molar-refractivity contribution >= 4 is 0 Å². The molecular formula is C15H29NO. The maximum atomic E-state index is 5.94. The van der Waals surface area contributed by atoms with E-state index in [1.165, 1.54) is 19.3 Å². The summed E-state index contributed by atoms with van der Waals surface area (Å²) < 4.78 is 5.94. The van der Waals surface area contributed by atoms with Crippen molar-refractivity contribution in [2.75, 3.05) is 13.2 Å². The van der Waals surface area contributed by atoms with Crippen molar-refractivity contribution in [1.82, 2.24) is 5.32 Å². The second-order valence-corrected chi connectivity index (χ2v) is 7.30. The van der Waals surface area contributed by atoms with Crippen molar-refractivity contribution in [3.63, 3.8) is 0 Å². The van der Waals surface area contributed by atoms with E-state index in [4.69, 9.17) is 4.74 Å². The Hall–Kier alpha value is -0.0800. The smallest absolute Gasteiger partial charge is 0.0684 e. The van der Waals surface area contributed by atoms with Crippen LogP contribution in [0.1, 0.15) is 53.9 Å². The molecule has 3 atom stereocenters. The van der Waals surface area contributed by atoms with Crippen molar-refractivity contribution in [3.8, 4) is 0 Å². The molecule has 1 aliphatic heterocycles. The average molecular weight is 239 g/mol. The van der Waals surface area contributed by atoms with Gasteiger partial charge in [0.2, 0.25) is 0 Å². The van der Waals surface area contributed by atoms with Crippen LogP contribution in [0, 0.1) is 16.7 Å². The fourth-order valence-electron chi connectivity index (χ4n) is 3.45. The summed E-state index contributed by atoms with van der Waals surface area (Å²) in [6, 6.07) is 0.652. The lowest BCUT2D eigenvalue weighted by atomic mass is 9.55. The van der Waals surface area contributed by atoms with Gasteiger partial charge in [-0.15, -0.1) is 0 Å². The molecule has 1 saturated heterocycles. The average Bonchev–Trinajstić information content (AvgIpc) is 2.29. The third-order valence-corrected chi connectivity index (χ3v) is 5.09. The van der Waals surface area contributed by atoms with Crippen molar-refractivity contribution in [2.24, 2.45) is 16.7 Å². The minimum absolute atomic E-state index is 0.314. The van der Waals surface area contributed by atoms with Crippen molar-refractivity contribution in [1.29, 1.82) is 0 Å². The molecule has 2 rings (SSSR count). The van der Waals surface area contributed by atoms with Gasteiger partial charge < -0.3 is 10.1 Å². The molecule has 0 aromatic carbocycles. The van der Waals surface area contributed by atoms with E-state index >= 15 is 0 Å². The highest BCUT2D eigenvalue weighted by Crippen LogP contribution is 2.51. The maximum absolute atomic E-state index is 5.94. The largest absolute Gasteiger partial charge is 0.377 e. The lowest BCUT2D eigenvalue weighted by molar-refractivity contribution is -0.193. The normalized spacial score (nSPS) is 36.2. The molecule has 1 aliphatic carbocycles. The second kappa shape index (κ2) is 4.55. The zero-order chi connectivity index (χ0) is 12.7. The molecule has 100 valence electrons. The minimum atomic E-state index is 0.314. The van der Waals surface area contributed by atoms with Crippen molar-refractivity contribution in [3.05, 3.63) is 0 Å². The van der Waals surface area contributed by atoms with Gasteiger partial charge in [-0.3, -0.25) is 0 Å². The topological polar surface area (TPSA) is 21.3 Å². The van der Waals surface area contributed by atoms with Crippen LogP contribution in [0.25, 0.3) is 0 Å². The summed E-state index contributed by atoms with van der Waals surface area (Å²) in [6.45, 7) is 13.8. The molecule has 17 heavy (non-hydrogen) atoms. The molecule has 2 nitrogen and oxygen atoms in total. The lowest BCUT2D eigenvalue weighted by Gasteiger charge is -2.60. The predicted octanol–water partition coefficient (Wildman–Crippen LogP) is 3.22. The van der Waals surface area contributed by atoms with Gasteiger partial charge in [0.05, 0.1) is 6.10 Å². The van der Waals surface area contributed by atoms with Gasteiger partial charge in [-0.2, -0.15) is 0 Å². The van der Waals surface area contributed by atoms with Gasteiger partial charge in [-0.25, -0.2) is 0 Å². The van der Waals surface area contributed by atoms with Crippen LogP contribution >= 0.6 is 0 Å². The molecule has 0 aromatic rings. The van der Waals surface area contributed by atoms with Crippen molar-refractivity contribution in [2.45, 2.75) is 66.0 Å². The van der Waals surface area contributed by atoms with Crippen LogP contribution in [0.2, 0.25) is 0 Å². The first-order chi connectivity index (χ1) is 7.88. The summed E-state index contributed by atoms with van der Waals surface area (Å²) in [6.07, 6.45) is 4.32. The zero-order valence-electron chi connectivity index (χ0n) is 12.2. The van der Waals surface area contributed by atoms with Gasteiger partial charge in [0, 0.05) is 30.5 Å². The van der Waals surface area contributed by atoms with Gasteiger partial charge in [-0.05, 0) is 24.7 Å². The summed E-state index contributed by atoms with van der Waals surface area (Å²) >= 11 is 0. The molecule has 0 aromatic heterocycles. The quantitative estimate of drug-likeness (QED) is 0.813. The number of hydrogen-bond donors (Lipinski definition) is 1. The summed E-state index contributed by atoms with van der Waals surface area (Å²) in [4.78, 5) is 0. The summed E-state index contributed by atoms with van der Waals surface area (Å²) in [5.41, 5.74) is 0.728. The number of rotatable bonds is 4. The van der Waals surface area contributed by atoms with E-state index in [0.29, 0.717) is 23.0 Å². The van der Waals surface area contributed by atoms with Gasteiger partial charge in [-0.1, -0.05) is 34.6 Å².